The van der Waals surface area contributed by atoms with Crippen LogP contribution >= 0.6 is 11.3 Å². The Labute approximate surface area is 147 Å². The lowest BCUT2D eigenvalue weighted by Gasteiger charge is -2.01. The van der Waals surface area contributed by atoms with Crippen molar-refractivity contribution in [3.63, 3.8) is 0 Å². The van der Waals surface area contributed by atoms with Crippen LogP contribution in [0.1, 0.15) is 26.8 Å². The second-order valence-corrected chi connectivity index (χ2v) is 6.70. The van der Waals surface area contributed by atoms with Crippen LogP contribution in [0.15, 0.2) is 47.0 Å². The number of fused-ring (bicyclic) bond motifs is 1. The number of esters is 1. The van der Waals surface area contributed by atoms with E-state index in [-0.39, 0.29) is 12.6 Å². The van der Waals surface area contributed by atoms with Crippen molar-refractivity contribution >= 4 is 27.5 Å². The predicted octanol–water partition coefficient (Wildman–Crippen LogP) is 4.05. The van der Waals surface area contributed by atoms with Gasteiger partial charge < -0.3 is 9.26 Å². The maximum atomic E-state index is 12.4. The lowest BCUT2D eigenvalue weighted by atomic mass is 10.3. The molecule has 3 heterocycles. The maximum absolute atomic E-state index is 12.4. The van der Waals surface area contributed by atoms with Crippen LogP contribution in [-0.2, 0) is 11.3 Å². The Morgan fingerprint density at radius 1 is 1.24 bits per heavy atom. The highest BCUT2D eigenvalue weighted by Crippen LogP contribution is 2.30. The Balaban J connectivity index is 1.61. The number of carbonyl (C=O) groups excluding carboxylic acids is 1. The van der Waals surface area contributed by atoms with Crippen LogP contribution in [0.2, 0.25) is 0 Å². The van der Waals surface area contributed by atoms with E-state index >= 15 is 0 Å². The number of benzene rings is 1. The average Bonchev–Trinajstić information content (AvgIpc) is 3.30. The van der Waals surface area contributed by atoms with Crippen LogP contribution in [-0.4, -0.2) is 20.9 Å². The fourth-order valence-corrected chi connectivity index (χ4v) is 3.67. The number of rotatable bonds is 4. The van der Waals surface area contributed by atoms with E-state index < -0.39 is 0 Å². The van der Waals surface area contributed by atoms with Gasteiger partial charge in [-0.2, -0.15) is 5.10 Å². The van der Waals surface area contributed by atoms with Gasteiger partial charge in [0.05, 0.1) is 11.4 Å². The van der Waals surface area contributed by atoms with E-state index in [1.165, 1.54) is 11.3 Å². The van der Waals surface area contributed by atoms with Gasteiger partial charge in [-0.1, -0.05) is 23.4 Å². The van der Waals surface area contributed by atoms with Gasteiger partial charge in [0.15, 0.2) is 0 Å². The first-order chi connectivity index (χ1) is 12.1. The fourth-order valence-electron chi connectivity index (χ4n) is 2.59. The van der Waals surface area contributed by atoms with Crippen LogP contribution in [0.3, 0.4) is 0 Å². The Morgan fingerprint density at radius 3 is 2.76 bits per heavy atom. The van der Waals surface area contributed by atoms with E-state index in [0.29, 0.717) is 16.3 Å². The molecule has 4 aromatic rings. The van der Waals surface area contributed by atoms with Crippen molar-refractivity contribution < 1.29 is 14.1 Å². The summed E-state index contributed by atoms with van der Waals surface area (Å²) in [5, 5.41) is 9.35. The standard InChI is InChI=1S/C18H15N3O3S/c1-11-8-13(20-24-11)10-23-18(22)16-9-15-12(2)19-21(17(15)25-16)14-6-4-3-5-7-14/h3-9H,10H2,1-2H3. The quantitative estimate of drug-likeness (QED) is 0.518. The molecule has 0 unspecified atom stereocenters. The molecule has 0 saturated carbocycles. The largest absolute Gasteiger partial charge is 0.455 e. The van der Waals surface area contributed by atoms with Crippen molar-refractivity contribution in [1.29, 1.82) is 0 Å². The molecule has 1 aromatic carbocycles. The molecule has 0 radical (unpaired) electrons. The molecule has 0 aliphatic rings. The Morgan fingerprint density at radius 2 is 2.04 bits per heavy atom. The summed E-state index contributed by atoms with van der Waals surface area (Å²) in [6.07, 6.45) is 0. The first-order valence-electron chi connectivity index (χ1n) is 7.76. The van der Waals surface area contributed by atoms with Gasteiger partial charge in [-0.05, 0) is 32.0 Å². The summed E-state index contributed by atoms with van der Waals surface area (Å²) < 4.78 is 12.2. The summed E-state index contributed by atoms with van der Waals surface area (Å²) in [6.45, 7) is 3.82. The topological polar surface area (TPSA) is 70.2 Å². The molecule has 126 valence electrons. The predicted molar refractivity (Wildman–Crippen MR) is 94.0 cm³/mol. The zero-order valence-electron chi connectivity index (χ0n) is 13.7. The molecule has 4 rings (SSSR count). The summed E-state index contributed by atoms with van der Waals surface area (Å²) >= 11 is 1.37. The highest BCUT2D eigenvalue weighted by Gasteiger charge is 2.18. The van der Waals surface area contributed by atoms with Crippen molar-refractivity contribution in [3.05, 3.63) is 64.5 Å². The maximum Gasteiger partial charge on any atom is 0.348 e. The molecule has 0 atom stereocenters. The smallest absolute Gasteiger partial charge is 0.348 e. The number of para-hydroxylation sites is 1. The number of carbonyl (C=O) groups is 1. The highest BCUT2D eigenvalue weighted by atomic mass is 32.1. The van der Waals surface area contributed by atoms with E-state index in [9.17, 15) is 4.79 Å². The van der Waals surface area contributed by atoms with Crippen LogP contribution in [0.5, 0.6) is 0 Å². The van der Waals surface area contributed by atoms with E-state index in [2.05, 4.69) is 10.3 Å². The molecule has 0 N–H and O–H groups in total. The monoisotopic (exact) mass is 353 g/mol. The first-order valence-corrected chi connectivity index (χ1v) is 8.57. The Kier molecular flexibility index (Phi) is 3.85. The number of hydrogen-bond donors (Lipinski definition) is 0. The third-order valence-electron chi connectivity index (χ3n) is 3.77. The SMILES string of the molecule is Cc1cc(COC(=O)c2cc3c(C)nn(-c4ccccc4)c3s2)no1. The third kappa shape index (κ3) is 2.94. The second-order valence-electron chi connectivity index (χ2n) is 5.67. The molecule has 25 heavy (non-hydrogen) atoms. The Bertz CT molecular complexity index is 1050. The minimum absolute atomic E-state index is 0.0915. The third-order valence-corrected chi connectivity index (χ3v) is 4.87. The van der Waals surface area contributed by atoms with Crippen molar-refractivity contribution in [3.8, 4) is 5.69 Å². The van der Waals surface area contributed by atoms with Gasteiger partial charge in [-0.25, -0.2) is 9.48 Å². The first kappa shape index (κ1) is 15.6. The van der Waals surface area contributed by atoms with Gasteiger partial charge in [0.25, 0.3) is 0 Å². The molecule has 6 nitrogen and oxygen atoms in total. The van der Waals surface area contributed by atoms with Crippen molar-refractivity contribution in [2.45, 2.75) is 20.5 Å². The molecule has 3 aromatic heterocycles. The minimum Gasteiger partial charge on any atom is -0.455 e. The van der Waals surface area contributed by atoms with Crippen LogP contribution < -0.4 is 0 Å². The molecule has 0 aliphatic heterocycles. The minimum atomic E-state index is -0.374. The highest BCUT2D eigenvalue weighted by molar-refractivity contribution is 7.20. The van der Waals surface area contributed by atoms with Gasteiger partial charge in [-0.3, -0.25) is 0 Å². The van der Waals surface area contributed by atoms with Crippen molar-refractivity contribution in [1.82, 2.24) is 14.9 Å². The Hall–Kier alpha value is -2.93. The number of ether oxygens (including phenoxy) is 1. The summed E-state index contributed by atoms with van der Waals surface area (Å²) in [6, 6.07) is 13.4. The summed E-state index contributed by atoms with van der Waals surface area (Å²) in [4.78, 5) is 13.8. The van der Waals surface area contributed by atoms with E-state index in [1.807, 2.05) is 48.0 Å². The number of nitrogens with zero attached hydrogens (tertiary/aromatic N) is 3. The molecule has 0 bridgehead atoms. The van der Waals surface area contributed by atoms with Gasteiger partial charge in [0.2, 0.25) is 0 Å². The van der Waals surface area contributed by atoms with E-state index in [0.717, 1.165) is 21.6 Å². The molecular formula is C18H15N3O3S. The molecule has 7 heteroatoms. The lowest BCUT2D eigenvalue weighted by Crippen LogP contribution is -2.03. The second kappa shape index (κ2) is 6.18. The molecule has 0 fully saturated rings. The number of aryl methyl sites for hydroxylation is 2. The normalized spacial score (nSPS) is 11.1. The van der Waals surface area contributed by atoms with Gasteiger partial charge in [0, 0.05) is 11.5 Å². The zero-order chi connectivity index (χ0) is 17.4. The number of hydrogen-bond acceptors (Lipinski definition) is 6. The molecule has 0 amide bonds. The van der Waals surface area contributed by atoms with Crippen LogP contribution in [0.4, 0.5) is 0 Å². The molecule has 0 saturated heterocycles. The van der Waals surface area contributed by atoms with Gasteiger partial charge in [-0.15, -0.1) is 11.3 Å². The van der Waals surface area contributed by atoms with E-state index in [4.69, 9.17) is 9.26 Å². The van der Waals surface area contributed by atoms with Crippen LogP contribution in [0.25, 0.3) is 15.9 Å². The lowest BCUT2D eigenvalue weighted by molar-refractivity contribution is 0.0470. The van der Waals surface area contributed by atoms with Crippen molar-refractivity contribution in [2.75, 3.05) is 0 Å². The molecular weight excluding hydrogens is 338 g/mol. The van der Waals surface area contributed by atoms with Gasteiger partial charge >= 0.3 is 5.97 Å². The number of thiophene rings is 1. The molecule has 0 spiro atoms. The average molecular weight is 353 g/mol. The summed E-state index contributed by atoms with van der Waals surface area (Å²) in [7, 11) is 0. The zero-order valence-corrected chi connectivity index (χ0v) is 14.5. The van der Waals surface area contributed by atoms with Crippen LogP contribution in [0, 0.1) is 13.8 Å². The summed E-state index contributed by atoms with van der Waals surface area (Å²) in [5.41, 5.74) is 2.43. The van der Waals surface area contributed by atoms with Crippen molar-refractivity contribution in [2.24, 2.45) is 0 Å². The molecule has 0 aliphatic carbocycles. The summed E-state index contributed by atoms with van der Waals surface area (Å²) in [5.74, 6) is 0.312. The number of aromatic nitrogens is 3. The van der Waals surface area contributed by atoms with Gasteiger partial charge in [0.1, 0.15) is 27.8 Å². The van der Waals surface area contributed by atoms with E-state index in [1.54, 1.807) is 13.0 Å². The fraction of sp³-hybridized carbons (Fsp3) is 0.167.